The number of aromatic nitrogens is 4. The van der Waals surface area contributed by atoms with Crippen LogP contribution in [0.3, 0.4) is 0 Å². The first-order valence-electron chi connectivity index (χ1n) is 7.64. The van der Waals surface area contributed by atoms with Crippen molar-refractivity contribution in [1.82, 2.24) is 19.7 Å². The monoisotopic (exact) mass is 372 g/mol. The molecule has 2 N–H and O–H groups in total. The second kappa shape index (κ2) is 6.19. The van der Waals surface area contributed by atoms with Crippen LogP contribution in [0.25, 0.3) is 22.0 Å². The van der Waals surface area contributed by atoms with Crippen molar-refractivity contribution >= 4 is 34.1 Å². The van der Waals surface area contributed by atoms with E-state index in [0.29, 0.717) is 21.6 Å². The summed E-state index contributed by atoms with van der Waals surface area (Å²) in [5.74, 6) is 0.472. The maximum atomic E-state index is 10.7. The molecule has 0 amide bonds. The number of aliphatic hydroxyl groups excluding tert-OH is 1. The highest BCUT2D eigenvalue weighted by Gasteiger charge is 2.22. The molecule has 7 heteroatoms. The van der Waals surface area contributed by atoms with Gasteiger partial charge in [-0.05, 0) is 12.1 Å². The average molecular weight is 373 g/mol. The fraction of sp³-hybridized carbons (Fsp3) is 0.111. The van der Waals surface area contributed by atoms with E-state index in [4.69, 9.17) is 23.2 Å². The molecule has 0 aliphatic heterocycles. The Morgan fingerprint density at radius 3 is 2.72 bits per heavy atom. The highest BCUT2D eigenvalue weighted by molar-refractivity contribution is 6.36. The summed E-state index contributed by atoms with van der Waals surface area (Å²) in [7, 11) is 1.80. The molecular weight excluding hydrogens is 359 g/mol. The lowest BCUT2D eigenvalue weighted by molar-refractivity contribution is 0.202. The van der Waals surface area contributed by atoms with Crippen LogP contribution in [-0.4, -0.2) is 24.9 Å². The van der Waals surface area contributed by atoms with Crippen LogP contribution in [0.5, 0.6) is 0 Å². The molecule has 0 spiro atoms. The third-order valence-corrected chi connectivity index (χ3v) is 4.72. The Bertz CT molecular complexity index is 1060. The first-order valence-corrected chi connectivity index (χ1v) is 8.40. The summed E-state index contributed by atoms with van der Waals surface area (Å²) in [5.41, 5.74) is 3.15. The molecule has 2 aromatic heterocycles. The zero-order valence-electron chi connectivity index (χ0n) is 13.2. The van der Waals surface area contributed by atoms with Crippen molar-refractivity contribution < 1.29 is 5.11 Å². The van der Waals surface area contributed by atoms with Gasteiger partial charge in [0.2, 0.25) is 0 Å². The number of hydrogen-bond donors (Lipinski definition) is 2. The maximum absolute atomic E-state index is 10.7. The predicted molar refractivity (Wildman–Crippen MR) is 98.8 cm³/mol. The Kier molecular flexibility index (Phi) is 4.00. The highest BCUT2D eigenvalue weighted by Crippen LogP contribution is 2.37. The molecule has 0 radical (unpaired) electrons. The number of aryl methyl sites for hydroxylation is 1. The lowest BCUT2D eigenvalue weighted by Gasteiger charge is -2.09. The zero-order chi connectivity index (χ0) is 17.6. The number of rotatable bonds is 3. The zero-order valence-corrected chi connectivity index (χ0v) is 14.8. The molecule has 0 saturated carbocycles. The summed E-state index contributed by atoms with van der Waals surface area (Å²) in [6.45, 7) is 0. The number of hydrogen-bond acceptors (Lipinski definition) is 3. The van der Waals surface area contributed by atoms with E-state index in [0.717, 1.165) is 22.0 Å². The van der Waals surface area contributed by atoms with E-state index >= 15 is 0 Å². The Morgan fingerprint density at radius 1 is 1.16 bits per heavy atom. The minimum atomic E-state index is -0.902. The number of fused-ring (bicyclic) bond motifs is 1. The van der Waals surface area contributed by atoms with E-state index in [2.05, 4.69) is 15.1 Å². The van der Waals surface area contributed by atoms with E-state index in [1.807, 2.05) is 24.3 Å². The van der Waals surface area contributed by atoms with Crippen molar-refractivity contribution in [2.45, 2.75) is 6.10 Å². The van der Waals surface area contributed by atoms with Gasteiger partial charge in [-0.1, -0.05) is 47.5 Å². The topological polar surface area (TPSA) is 66.7 Å². The Balaban J connectivity index is 1.93. The molecule has 4 rings (SSSR count). The lowest BCUT2D eigenvalue weighted by Crippen LogP contribution is -2.08. The van der Waals surface area contributed by atoms with Crippen LogP contribution in [0.1, 0.15) is 17.6 Å². The summed E-state index contributed by atoms with van der Waals surface area (Å²) in [6.07, 6.45) is 2.38. The fourth-order valence-corrected chi connectivity index (χ4v) is 3.55. The first kappa shape index (κ1) is 16.1. The highest BCUT2D eigenvalue weighted by atomic mass is 35.5. The molecule has 0 bridgehead atoms. The van der Waals surface area contributed by atoms with Gasteiger partial charge < -0.3 is 10.1 Å². The fourth-order valence-electron chi connectivity index (χ4n) is 3.04. The van der Waals surface area contributed by atoms with Gasteiger partial charge in [0.05, 0.1) is 5.69 Å². The molecule has 126 valence electrons. The number of halogens is 2. The number of H-pyrrole nitrogens is 1. The van der Waals surface area contributed by atoms with Crippen LogP contribution < -0.4 is 0 Å². The van der Waals surface area contributed by atoms with E-state index in [-0.39, 0.29) is 0 Å². The maximum Gasteiger partial charge on any atom is 0.154 e. The molecule has 0 aliphatic carbocycles. The van der Waals surface area contributed by atoms with E-state index in [1.165, 1.54) is 0 Å². The van der Waals surface area contributed by atoms with Crippen molar-refractivity contribution in [2.75, 3.05) is 0 Å². The van der Waals surface area contributed by atoms with Crippen molar-refractivity contribution in [2.24, 2.45) is 7.05 Å². The van der Waals surface area contributed by atoms with Crippen LogP contribution in [0, 0.1) is 0 Å². The summed E-state index contributed by atoms with van der Waals surface area (Å²) >= 11 is 12.4. The molecule has 1 unspecified atom stereocenters. The van der Waals surface area contributed by atoms with Gasteiger partial charge in [-0.2, -0.15) is 5.10 Å². The minimum absolute atomic E-state index is 0.472. The number of benzene rings is 2. The average Bonchev–Trinajstić information content (AvgIpc) is 3.21. The van der Waals surface area contributed by atoms with Gasteiger partial charge in [0, 0.05) is 46.0 Å². The molecular formula is C18H14Cl2N4O. The van der Waals surface area contributed by atoms with Gasteiger partial charge in [-0.15, -0.1) is 0 Å². The normalized spacial score (nSPS) is 12.6. The molecule has 1 atom stereocenters. The van der Waals surface area contributed by atoms with Crippen LogP contribution >= 0.6 is 23.2 Å². The summed E-state index contributed by atoms with van der Waals surface area (Å²) in [4.78, 5) is 7.08. The van der Waals surface area contributed by atoms with Gasteiger partial charge in [-0.3, -0.25) is 4.68 Å². The number of aromatic amines is 1. The Hall–Kier alpha value is -2.34. The number of nitrogens with one attached hydrogen (secondary N) is 1. The number of nitrogens with zero attached hydrogens (tertiary/aromatic N) is 3. The molecule has 2 aromatic carbocycles. The van der Waals surface area contributed by atoms with Crippen LogP contribution in [0.4, 0.5) is 0 Å². The van der Waals surface area contributed by atoms with Gasteiger partial charge in [0.15, 0.2) is 6.10 Å². The largest absolute Gasteiger partial charge is 0.379 e. The number of aliphatic hydroxyl groups is 1. The summed E-state index contributed by atoms with van der Waals surface area (Å²) < 4.78 is 1.67. The van der Waals surface area contributed by atoms with Gasteiger partial charge in [0.1, 0.15) is 11.3 Å². The molecule has 25 heavy (non-hydrogen) atoms. The van der Waals surface area contributed by atoms with Crippen LogP contribution in [0.15, 0.2) is 48.8 Å². The van der Waals surface area contributed by atoms with Crippen molar-refractivity contribution in [3.63, 3.8) is 0 Å². The predicted octanol–water partition coefficient (Wildman–Crippen LogP) is 4.35. The van der Waals surface area contributed by atoms with Crippen LogP contribution in [0.2, 0.25) is 10.0 Å². The Labute approximate surface area is 153 Å². The minimum Gasteiger partial charge on any atom is -0.379 e. The molecule has 2 heterocycles. The van der Waals surface area contributed by atoms with Gasteiger partial charge in [-0.25, -0.2) is 4.98 Å². The first-order chi connectivity index (χ1) is 12.1. The number of imidazole rings is 1. The van der Waals surface area contributed by atoms with E-state index in [9.17, 15) is 5.11 Å². The summed E-state index contributed by atoms with van der Waals surface area (Å²) in [6, 6.07) is 11.2. The van der Waals surface area contributed by atoms with E-state index < -0.39 is 6.10 Å². The SMILES string of the molecule is Cn1nc2c(-c3ccc(Cl)cc3Cl)cccc2c1C(O)c1ncc[nH]1. The molecule has 5 nitrogen and oxygen atoms in total. The Morgan fingerprint density at radius 2 is 2.00 bits per heavy atom. The van der Waals surface area contributed by atoms with Gasteiger partial charge in [0.25, 0.3) is 0 Å². The van der Waals surface area contributed by atoms with Crippen molar-refractivity contribution in [3.8, 4) is 11.1 Å². The molecule has 0 fully saturated rings. The van der Waals surface area contributed by atoms with Crippen LogP contribution in [-0.2, 0) is 7.05 Å². The van der Waals surface area contributed by atoms with Gasteiger partial charge >= 0.3 is 0 Å². The second-order valence-electron chi connectivity index (χ2n) is 5.71. The molecule has 0 aliphatic rings. The van der Waals surface area contributed by atoms with Crippen molar-refractivity contribution in [1.29, 1.82) is 0 Å². The molecule has 4 aromatic rings. The quantitative estimate of drug-likeness (QED) is 0.561. The standard InChI is InChI=1S/C18H14Cl2N4O/c1-24-16(17(25)18-21-7-8-22-18)13-4-2-3-12(15(13)23-24)11-6-5-10(19)9-14(11)20/h2-9,17,25H,1H3,(H,21,22). The smallest absolute Gasteiger partial charge is 0.154 e. The second-order valence-corrected chi connectivity index (χ2v) is 6.56. The molecule has 0 saturated heterocycles. The summed E-state index contributed by atoms with van der Waals surface area (Å²) in [5, 5.41) is 17.3. The van der Waals surface area contributed by atoms with E-state index in [1.54, 1.807) is 36.3 Å². The lowest BCUT2D eigenvalue weighted by atomic mass is 10.0. The third kappa shape index (κ3) is 2.70. The van der Waals surface area contributed by atoms with Crippen molar-refractivity contribution in [3.05, 3.63) is 70.4 Å². The third-order valence-electron chi connectivity index (χ3n) is 4.17.